The fourth-order valence-electron chi connectivity index (χ4n) is 8.45. The summed E-state index contributed by atoms with van der Waals surface area (Å²) in [7, 11) is 11.1. The molecular formula is C46H34B5N3S. The fourth-order valence-corrected chi connectivity index (χ4v) is 9.63. The molecule has 3 nitrogen and oxygen atoms in total. The van der Waals surface area contributed by atoms with Gasteiger partial charge in [-0.3, -0.25) is 0 Å². The summed E-state index contributed by atoms with van der Waals surface area (Å²) in [5.74, 6) is 0.744. The summed E-state index contributed by atoms with van der Waals surface area (Å²) < 4.78 is 4.87. The summed E-state index contributed by atoms with van der Waals surface area (Å²) in [5.41, 5.74) is 17.8. The predicted octanol–water partition coefficient (Wildman–Crippen LogP) is 3.90. The Morgan fingerprint density at radius 1 is 0.400 bits per heavy atom. The first kappa shape index (κ1) is 33.5. The van der Waals surface area contributed by atoms with Crippen molar-refractivity contribution in [3.05, 3.63) is 146 Å². The van der Waals surface area contributed by atoms with Gasteiger partial charge in [0, 0.05) is 47.8 Å². The van der Waals surface area contributed by atoms with Crippen LogP contribution in [0, 0.1) is 0 Å². The Labute approximate surface area is 329 Å². The largest absolute Gasteiger partial charge is 0.309 e. The Hall–Kier alpha value is -6.04. The highest BCUT2D eigenvalue weighted by molar-refractivity contribution is 7.25. The van der Waals surface area contributed by atoms with Crippen LogP contribution in [0.4, 0.5) is 0 Å². The number of hydrogen-bond donors (Lipinski definition) is 0. The normalized spacial score (nSPS) is 11.6. The molecule has 0 aliphatic carbocycles. The van der Waals surface area contributed by atoms with E-state index in [2.05, 4.69) is 189 Å². The van der Waals surface area contributed by atoms with Crippen LogP contribution in [0.25, 0.3) is 92.7 Å². The summed E-state index contributed by atoms with van der Waals surface area (Å²) in [4.78, 5) is 10.5. The first-order valence-electron chi connectivity index (χ1n) is 18.9. The molecule has 55 heavy (non-hydrogen) atoms. The third-order valence-electron chi connectivity index (χ3n) is 11.8. The maximum atomic E-state index is 5.31. The van der Waals surface area contributed by atoms with Crippen molar-refractivity contribution >= 4 is 120 Å². The molecule has 0 fully saturated rings. The molecule has 3 heterocycles. The van der Waals surface area contributed by atoms with E-state index in [1.807, 2.05) is 11.3 Å². The molecule has 9 heteroatoms. The fraction of sp³-hybridized carbons (Fsp3) is 0. The number of para-hydroxylation sites is 2. The van der Waals surface area contributed by atoms with Gasteiger partial charge < -0.3 is 4.57 Å². The van der Waals surface area contributed by atoms with Crippen molar-refractivity contribution in [1.29, 1.82) is 0 Å². The van der Waals surface area contributed by atoms with Crippen LogP contribution in [0.5, 0.6) is 0 Å². The van der Waals surface area contributed by atoms with Crippen LogP contribution in [0.2, 0.25) is 0 Å². The molecule has 10 rings (SSSR count). The van der Waals surface area contributed by atoms with Crippen LogP contribution in [0.3, 0.4) is 0 Å². The van der Waals surface area contributed by atoms with Gasteiger partial charge in [-0.2, -0.15) is 0 Å². The van der Waals surface area contributed by atoms with Crippen molar-refractivity contribution in [3.63, 3.8) is 0 Å². The van der Waals surface area contributed by atoms with Gasteiger partial charge in [-0.25, -0.2) is 9.97 Å². The lowest BCUT2D eigenvalue weighted by molar-refractivity contribution is 1.18. The second-order valence-corrected chi connectivity index (χ2v) is 15.9. The monoisotopic (exact) mass is 715 g/mol. The van der Waals surface area contributed by atoms with Crippen molar-refractivity contribution in [1.82, 2.24) is 14.5 Å². The molecular weight excluding hydrogens is 681 g/mol. The number of benzene rings is 7. The number of thiophene rings is 1. The zero-order valence-electron chi connectivity index (χ0n) is 31.6. The van der Waals surface area contributed by atoms with Gasteiger partial charge in [-0.15, -0.1) is 27.7 Å². The van der Waals surface area contributed by atoms with E-state index >= 15 is 0 Å². The zero-order valence-corrected chi connectivity index (χ0v) is 32.4. The first-order valence-corrected chi connectivity index (χ1v) is 19.7. The maximum Gasteiger partial charge on any atom is 0.160 e. The molecule has 3 aromatic heterocycles. The van der Waals surface area contributed by atoms with Crippen LogP contribution in [-0.4, -0.2) is 53.8 Å². The molecule has 7 aromatic carbocycles. The van der Waals surface area contributed by atoms with Crippen LogP contribution in [-0.2, 0) is 0 Å². The molecule has 10 aromatic rings. The summed E-state index contributed by atoms with van der Waals surface area (Å²) in [6.45, 7) is 0. The number of nitrogens with zero attached hydrogens (tertiary/aromatic N) is 3. The lowest BCUT2D eigenvalue weighted by Crippen LogP contribution is -2.55. The van der Waals surface area contributed by atoms with E-state index in [0.717, 1.165) is 28.3 Å². The quantitative estimate of drug-likeness (QED) is 0.254. The summed E-state index contributed by atoms with van der Waals surface area (Å²) >= 11 is 1.84. The first-order chi connectivity index (χ1) is 26.8. The number of rotatable bonds is 5. The Kier molecular flexibility index (Phi) is 7.97. The molecule has 0 aliphatic rings. The highest BCUT2D eigenvalue weighted by Gasteiger charge is 2.19. The summed E-state index contributed by atoms with van der Waals surface area (Å²) in [5, 5.41) is 5.05. The Morgan fingerprint density at radius 2 is 0.945 bits per heavy atom. The van der Waals surface area contributed by atoms with Crippen molar-refractivity contribution in [2.45, 2.75) is 0 Å². The summed E-state index contributed by atoms with van der Waals surface area (Å²) in [6, 6.07) is 52.5. The standard InChI is InChI=1S/C46H34B5N3S/c47-41-40(42(48)44(50)45(51)43(41)49)35-24-34(25-9-3-1-4-10-25)52-46(53-35)28-16-19-32-31-18-15-27(22-38(31)55-39(32)23-28)26-17-20-37-33(21-26)30-13-7-8-14-36(30)54(37)29-11-5-2-6-12-29/h1-24H,47-51H2. The van der Waals surface area contributed by atoms with Crippen molar-refractivity contribution < 1.29 is 0 Å². The van der Waals surface area contributed by atoms with E-state index in [4.69, 9.17) is 9.97 Å². The molecule has 0 N–H and O–H groups in total. The molecule has 0 bridgehead atoms. The van der Waals surface area contributed by atoms with Crippen LogP contribution in [0.15, 0.2) is 146 Å². The average Bonchev–Trinajstić information content (AvgIpc) is 3.77. The minimum absolute atomic E-state index is 0.744. The predicted molar refractivity (Wildman–Crippen MR) is 252 cm³/mol. The van der Waals surface area contributed by atoms with Crippen LogP contribution in [0.1, 0.15) is 0 Å². The maximum absolute atomic E-state index is 5.31. The van der Waals surface area contributed by atoms with Gasteiger partial charge in [0.2, 0.25) is 0 Å². The van der Waals surface area contributed by atoms with E-state index in [0.29, 0.717) is 0 Å². The Bertz CT molecular complexity index is 3130. The topological polar surface area (TPSA) is 30.7 Å². The molecule has 0 saturated heterocycles. The third-order valence-corrected chi connectivity index (χ3v) is 12.9. The second kappa shape index (κ2) is 13.1. The highest BCUT2D eigenvalue weighted by atomic mass is 32.1. The van der Waals surface area contributed by atoms with Gasteiger partial charge in [-0.05, 0) is 65.2 Å². The molecule has 0 unspecified atom stereocenters. The Balaban J connectivity index is 1.09. The minimum Gasteiger partial charge on any atom is -0.309 e. The molecule has 0 saturated carbocycles. The van der Waals surface area contributed by atoms with Gasteiger partial charge in [0.15, 0.2) is 5.82 Å². The third kappa shape index (κ3) is 5.48. The Morgan fingerprint density at radius 3 is 1.67 bits per heavy atom. The summed E-state index contributed by atoms with van der Waals surface area (Å²) in [6.07, 6.45) is 0. The van der Waals surface area contributed by atoms with Crippen LogP contribution >= 0.6 is 11.3 Å². The van der Waals surface area contributed by atoms with E-state index in [-0.39, 0.29) is 0 Å². The van der Waals surface area contributed by atoms with Gasteiger partial charge in [0.1, 0.15) is 39.2 Å². The SMILES string of the molecule is Bc1c(B)c(B)c(-c2cc(-c3ccccc3)nc(-c3ccc4c(c3)sc3cc(-c5ccc6c(c5)c5ccccc5n6-c5ccccc5)ccc34)n2)c(B)c1B. The lowest BCUT2D eigenvalue weighted by Gasteiger charge is -2.20. The minimum atomic E-state index is 0.744. The van der Waals surface area contributed by atoms with E-state index in [1.165, 1.54) is 91.7 Å². The average molecular weight is 715 g/mol. The molecule has 0 aliphatic heterocycles. The number of aromatic nitrogens is 3. The van der Waals surface area contributed by atoms with E-state index < -0.39 is 0 Å². The zero-order chi connectivity index (χ0) is 37.4. The molecule has 0 amide bonds. The van der Waals surface area contributed by atoms with Gasteiger partial charge in [0.25, 0.3) is 0 Å². The van der Waals surface area contributed by atoms with Crippen molar-refractivity contribution in [2.24, 2.45) is 0 Å². The lowest BCUT2D eigenvalue weighted by atomic mass is 9.60. The molecule has 0 spiro atoms. The second-order valence-electron chi connectivity index (χ2n) is 14.8. The molecule has 0 radical (unpaired) electrons. The smallest absolute Gasteiger partial charge is 0.160 e. The van der Waals surface area contributed by atoms with E-state index in [9.17, 15) is 0 Å². The van der Waals surface area contributed by atoms with E-state index in [1.54, 1.807) is 0 Å². The molecule has 0 atom stereocenters. The van der Waals surface area contributed by atoms with Crippen molar-refractivity contribution in [3.8, 4) is 50.7 Å². The van der Waals surface area contributed by atoms with Gasteiger partial charge >= 0.3 is 0 Å². The number of hydrogen-bond acceptors (Lipinski definition) is 3. The number of fused-ring (bicyclic) bond motifs is 6. The molecule has 254 valence electrons. The van der Waals surface area contributed by atoms with Crippen molar-refractivity contribution in [2.75, 3.05) is 0 Å². The van der Waals surface area contributed by atoms with Crippen LogP contribution < -0.4 is 27.3 Å². The van der Waals surface area contributed by atoms with Gasteiger partial charge in [0.05, 0.1) is 22.4 Å². The van der Waals surface area contributed by atoms with Gasteiger partial charge in [-0.1, -0.05) is 108 Å². The highest BCUT2D eigenvalue weighted by Crippen LogP contribution is 2.40.